The topological polar surface area (TPSA) is 48.1 Å². The molecule has 0 bridgehead atoms. The molecule has 0 fully saturated rings. The van der Waals surface area contributed by atoms with E-state index in [1.54, 1.807) is 13.3 Å². The Labute approximate surface area is 103 Å². The quantitative estimate of drug-likeness (QED) is 0.916. The summed E-state index contributed by atoms with van der Waals surface area (Å²) in [6.07, 6.45) is 2.58. The van der Waals surface area contributed by atoms with E-state index >= 15 is 0 Å². The van der Waals surface area contributed by atoms with Crippen molar-refractivity contribution in [3.8, 4) is 5.75 Å². The van der Waals surface area contributed by atoms with Crippen LogP contribution in [0.5, 0.6) is 5.75 Å². The zero-order valence-corrected chi connectivity index (χ0v) is 10.3. The molecule has 1 heterocycles. The van der Waals surface area contributed by atoms with Crippen LogP contribution in [0.15, 0.2) is 24.4 Å². The number of anilines is 1. The number of hydrogen-bond acceptors (Lipinski definition) is 4. The van der Waals surface area contributed by atoms with Gasteiger partial charge in [-0.3, -0.25) is 0 Å². The second-order valence-corrected chi connectivity index (χ2v) is 4.86. The summed E-state index contributed by atoms with van der Waals surface area (Å²) in [6, 6.07) is 5.75. The highest BCUT2D eigenvalue weighted by Gasteiger charge is 2.04. The van der Waals surface area contributed by atoms with Crippen molar-refractivity contribution in [2.75, 3.05) is 12.8 Å². The molecule has 16 heavy (non-hydrogen) atoms. The fraction of sp³-hybridized carbons (Fsp3) is 0.182. The van der Waals surface area contributed by atoms with Crippen LogP contribution in [0.3, 0.4) is 0 Å². The highest BCUT2D eigenvalue weighted by atomic mass is 35.5. The number of methoxy groups -OCH3 is 1. The summed E-state index contributed by atoms with van der Waals surface area (Å²) in [5.41, 5.74) is 6.69. The number of benzene rings is 1. The number of nitrogens with zero attached hydrogens (tertiary/aromatic N) is 1. The largest absolute Gasteiger partial charge is 0.495 e. The second-order valence-electron chi connectivity index (χ2n) is 3.31. The number of aromatic nitrogens is 1. The fourth-order valence-electron chi connectivity index (χ4n) is 1.43. The summed E-state index contributed by atoms with van der Waals surface area (Å²) in [5, 5.41) is 1.21. The van der Waals surface area contributed by atoms with E-state index in [-0.39, 0.29) is 0 Å². The number of ether oxygens (including phenoxy) is 1. The highest BCUT2D eigenvalue weighted by molar-refractivity contribution is 7.15. The number of halogens is 1. The Morgan fingerprint density at radius 1 is 1.50 bits per heavy atom. The van der Waals surface area contributed by atoms with Gasteiger partial charge in [-0.25, -0.2) is 4.98 Å². The molecule has 2 N–H and O–H groups in total. The van der Waals surface area contributed by atoms with Crippen molar-refractivity contribution < 1.29 is 4.74 Å². The number of hydrogen-bond donors (Lipinski definition) is 1. The smallest absolute Gasteiger partial charge is 0.180 e. The van der Waals surface area contributed by atoms with Crippen LogP contribution in [0.25, 0.3) is 0 Å². The Morgan fingerprint density at radius 3 is 2.88 bits per heavy atom. The first-order chi connectivity index (χ1) is 7.69. The molecule has 0 atom stereocenters. The highest BCUT2D eigenvalue weighted by Crippen LogP contribution is 2.27. The van der Waals surface area contributed by atoms with Crippen LogP contribution < -0.4 is 10.5 Å². The molecule has 0 amide bonds. The normalized spacial score (nSPS) is 10.4. The maximum Gasteiger partial charge on any atom is 0.180 e. The predicted molar refractivity (Wildman–Crippen MR) is 67.3 cm³/mol. The third kappa shape index (κ3) is 2.46. The maximum absolute atomic E-state index is 6.04. The lowest BCUT2D eigenvalue weighted by atomic mass is 10.1. The van der Waals surface area contributed by atoms with Crippen LogP contribution in [0.2, 0.25) is 5.02 Å². The van der Waals surface area contributed by atoms with Gasteiger partial charge in [0.15, 0.2) is 5.13 Å². The van der Waals surface area contributed by atoms with Crippen LogP contribution in [-0.2, 0) is 6.42 Å². The van der Waals surface area contributed by atoms with Crippen LogP contribution in [0.1, 0.15) is 10.4 Å². The molecular weight excluding hydrogens is 244 g/mol. The summed E-state index contributed by atoms with van der Waals surface area (Å²) in [7, 11) is 1.60. The first-order valence-corrected chi connectivity index (χ1v) is 5.91. The Bertz CT molecular complexity index is 498. The van der Waals surface area contributed by atoms with Crippen LogP contribution in [0.4, 0.5) is 5.13 Å². The minimum Gasteiger partial charge on any atom is -0.495 e. The summed E-state index contributed by atoms with van der Waals surface area (Å²) in [4.78, 5) is 5.13. The van der Waals surface area contributed by atoms with Gasteiger partial charge in [-0.15, -0.1) is 11.3 Å². The van der Waals surface area contributed by atoms with Gasteiger partial charge in [0.2, 0.25) is 0 Å². The lowest BCUT2D eigenvalue weighted by molar-refractivity contribution is 0.415. The molecule has 84 valence electrons. The van der Waals surface area contributed by atoms with Crippen molar-refractivity contribution in [3.63, 3.8) is 0 Å². The first-order valence-electron chi connectivity index (χ1n) is 4.71. The van der Waals surface area contributed by atoms with Gasteiger partial charge in [0.05, 0.1) is 12.1 Å². The summed E-state index contributed by atoms with van der Waals surface area (Å²) in [5.74, 6) is 0.689. The van der Waals surface area contributed by atoms with Crippen molar-refractivity contribution in [2.45, 2.75) is 6.42 Å². The monoisotopic (exact) mass is 254 g/mol. The molecular formula is C11H11ClN2OS. The van der Waals surface area contributed by atoms with Crippen LogP contribution in [0, 0.1) is 0 Å². The molecule has 0 saturated carbocycles. The van der Waals surface area contributed by atoms with Gasteiger partial charge in [-0.05, 0) is 17.7 Å². The molecule has 0 spiro atoms. The third-order valence-corrected chi connectivity index (χ3v) is 3.29. The number of thiazole rings is 1. The molecule has 0 saturated heterocycles. The van der Waals surface area contributed by atoms with E-state index in [4.69, 9.17) is 22.1 Å². The summed E-state index contributed by atoms with van der Waals surface area (Å²) < 4.78 is 5.09. The van der Waals surface area contributed by atoms with E-state index in [9.17, 15) is 0 Å². The average Bonchev–Trinajstić information content (AvgIpc) is 2.64. The van der Waals surface area contributed by atoms with E-state index < -0.39 is 0 Å². The van der Waals surface area contributed by atoms with Gasteiger partial charge in [-0.2, -0.15) is 0 Å². The van der Waals surface area contributed by atoms with Crippen molar-refractivity contribution in [3.05, 3.63) is 39.9 Å². The molecule has 2 rings (SSSR count). The van der Waals surface area contributed by atoms with E-state index in [0.717, 1.165) is 16.9 Å². The third-order valence-electron chi connectivity index (χ3n) is 2.17. The molecule has 0 aliphatic heterocycles. The van der Waals surface area contributed by atoms with Crippen molar-refractivity contribution in [1.82, 2.24) is 4.98 Å². The van der Waals surface area contributed by atoms with E-state index in [0.29, 0.717) is 15.9 Å². The van der Waals surface area contributed by atoms with E-state index in [1.165, 1.54) is 11.3 Å². The Balaban J connectivity index is 2.19. The Hall–Kier alpha value is -1.26. The standard InChI is InChI=1S/C11H11ClN2OS/c1-15-10-3-2-7(5-9(10)12)4-8-6-14-11(13)16-8/h2-3,5-6H,4H2,1H3,(H2,13,14). The number of nitrogens with two attached hydrogens (primary N) is 1. The number of nitrogen functional groups attached to an aromatic ring is 1. The molecule has 3 nitrogen and oxygen atoms in total. The lowest BCUT2D eigenvalue weighted by Gasteiger charge is -2.04. The molecule has 2 aromatic rings. The zero-order valence-electron chi connectivity index (χ0n) is 8.74. The van der Waals surface area contributed by atoms with Crippen molar-refractivity contribution >= 4 is 28.1 Å². The average molecular weight is 255 g/mol. The minimum absolute atomic E-state index is 0.592. The van der Waals surface area contributed by atoms with Gasteiger partial charge in [0.1, 0.15) is 5.75 Å². The number of rotatable bonds is 3. The summed E-state index contributed by atoms with van der Waals surface area (Å²) >= 11 is 7.53. The maximum atomic E-state index is 6.04. The van der Waals surface area contributed by atoms with Gasteiger partial charge >= 0.3 is 0 Å². The fourth-order valence-corrected chi connectivity index (χ4v) is 2.42. The van der Waals surface area contributed by atoms with Gasteiger partial charge in [0.25, 0.3) is 0 Å². The molecule has 0 aliphatic rings. The SMILES string of the molecule is COc1ccc(Cc2cnc(N)s2)cc1Cl. The van der Waals surface area contributed by atoms with Crippen LogP contribution >= 0.6 is 22.9 Å². The second kappa shape index (κ2) is 4.72. The molecule has 0 radical (unpaired) electrons. The zero-order chi connectivity index (χ0) is 11.5. The molecule has 1 aromatic carbocycles. The molecule has 5 heteroatoms. The van der Waals surface area contributed by atoms with Gasteiger partial charge in [0, 0.05) is 17.5 Å². The van der Waals surface area contributed by atoms with E-state index in [1.807, 2.05) is 18.2 Å². The van der Waals surface area contributed by atoms with Crippen LogP contribution in [-0.4, -0.2) is 12.1 Å². The molecule has 1 aromatic heterocycles. The molecule has 0 unspecified atom stereocenters. The molecule has 0 aliphatic carbocycles. The van der Waals surface area contributed by atoms with Crippen molar-refractivity contribution in [1.29, 1.82) is 0 Å². The summed E-state index contributed by atoms with van der Waals surface area (Å²) in [6.45, 7) is 0. The van der Waals surface area contributed by atoms with Gasteiger partial charge < -0.3 is 10.5 Å². The van der Waals surface area contributed by atoms with Gasteiger partial charge in [-0.1, -0.05) is 17.7 Å². The Morgan fingerprint density at radius 2 is 2.31 bits per heavy atom. The van der Waals surface area contributed by atoms with E-state index in [2.05, 4.69) is 4.98 Å². The van der Waals surface area contributed by atoms with Crippen molar-refractivity contribution in [2.24, 2.45) is 0 Å². The lowest BCUT2D eigenvalue weighted by Crippen LogP contribution is -1.88. The Kier molecular flexibility index (Phi) is 3.31. The predicted octanol–water partition coefficient (Wildman–Crippen LogP) is 2.98. The minimum atomic E-state index is 0.592. The first kappa shape index (κ1) is 11.2.